The number of carbonyl (C=O) groups excluding carboxylic acids is 1. The van der Waals surface area contributed by atoms with Crippen LogP contribution in [0.1, 0.15) is 21.6 Å². The summed E-state index contributed by atoms with van der Waals surface area (Å²) in [5.74, 6) is 0.124. The van der Waals surface area contributed by atoms with Gasteiger partial charge in [0.1, 0.15) is 0 Å². The molecule has 0 saturated heterocycles. The van der Waals surface area contributed by atoms with Gasteiger partial charge in [-0.3, -0.25) is 0 Å². The summed E-state index contributed by atoms with van der Waals surface area (Å²) in [6.45, 7) is 1.90. The highest BCUT2D eigenvalue weighted by molar-refractivity contribution is 14.1. The fourth-order valence-electron chi connectivity index (χ4n) is 2.39. The normalized spacial score (nSPS) is 11.4. The Labute approximate surface area is 181 Å². The summed E-state index contributed by atoms with van der Waals surface area (Å²) in [7, 11) is -2.35. The van der Waals surface area contributed by atoms with Crippen molar-refractivity contribution in [2.24, 2.45) is 0 Å². The monoisotopic (exact) mass is 528 g/mol. The van der Waals surface area contributed by atoms with E-state index in [2.05, 4.69) is 27.7 Å². The fraction of sp³-hybridized carbons (Fsp3) is 0.158. The molecule has 0 bridgehead atoms. The zero-order chi connectivity index (χ0) is 20.3. The van der Waals surface area contributed by atoms with Crippen LogP contribution >= 0.6 is 34.4 Å². The molecule has 0 N–H and O–H groups in total. The van der Waals surface area contributed by atoms with Crippen LogP contribution in [0.4, 0.5) is 0 Å². The van der Waals surface area contributed by atoms with E-state index in [9.17, 15) is 13.2 Å². The molecule has 0 saturated carbocycles. The maximum atomic E-state index is 12.7. The predicted octanol–water partition coefficient (Wildman–Crippen LogP) is 4.11. The van der Waals surface area contributed by atoms with Gasteiger partial charge in [0.05, 0.1) is 23.3 Å². The minimum absolute atomic E-state index is 0.202. The maximum Gasteiger partial charge on any atom is 0.337 e. The third-order valence-electron chi connectivity index (χ3n) is 3.92. The summed E-state index contributed by atoms with van der Waals surface area (Å²) in [6.07, 6.45) is 1.45. The van der Waals surface area contributed by atoms with Crippen molar-refractivity contribution in [1.82, 2.24) is 9.19 Å². The van der Waals surface area contributed by atoms with Crippen molar-refractivity contribution in [2.45, 2.75) is 22.5 Å². The number of halogens is 1. The first-order valence-electron chi connectivity index (χ1n) is 8.19. The van der Waals surface area contributed by atoms with E-state index in [-0.39, 0.29) is 10.9 Å². The van der Waals surface area contributed by atoms with E-state index in [1.54, 1.807) is 42.5 Å². The standard InChI is InChI=1S/C19H17IN2O4S2/c1-13-3-6-16(7-4-13)28(24,25)22-10-9-15(21-22)12-27-18-8-5-14(11-17(18)20)19(23)26-2/h3-11H,12H2,1-2H3. The molecule has 146 valence electrons. The lowest BCUT2D eigenvalue weighted by Gasteiger charge is -2.06. The van der Waals surface area contributed by atoms with Crippen molar-refractivity contribution in [1.29, 1.82) is 0 Å². The molecule has 3 aromatic rings. The lowest BCUT2D eigenvalue weighted by molar-refractivity contribution is 0.0600. The Morgan fingerprint density at radius 3 is 2.54 bits per heavy atom. The summed E-state index contributed by atoms with van der Waals surface area (Å²) in [5, 5.41) is 4.22. The average Bonchev–Trinajstić information content (AvgIpc) is 3.16. The van der Waals surface area contributed by atoms with Crippen LogP contribution in [-0.4, -0.2) is 30.7 Å². The smallest absolute Gasteiger partial charge is 0.337 e. The number of methoxy groups -OCH3 is 1. The summed E-state index contributed by atoms with van der Waals surface area (Å²) >= 11 is 3.68. The summed E-state index contributed by atoms with van der Waals surface area (Å²) in [4.78, 5) is 12.8. The third kappa shape index (κ3) is 4.58. The Kier molecular flexibility index (Phi) is 6.46. The van der Waals surface area contributed by atoms with E-state index in [0.717, 1.165) is 18.1 Å². The average molecular weight is 528 g/mol. The van der Waals surface area contributed by atoms with Crippen molar-refractivity contribution in [3.05, 3.63) is 75.1 Å². The molecule has 0 fully saturated rings. The van der Waals surface area contributed by atoms with Gasteiger partial charge in [-0.1, -0.05) is 17.7 Å². The topological polar surface area (TPSA) is 78.3 Å². The van der Waals surface area contributed by atoms with Crippen LogP contribution in [0.5, 0.6) is 0 Å². The number of thioether (sulfide) groups is 1. The number of carbonyl (C=O) groups is 1. The zero-order valence-electron chi connectivity index (χ0n) is 15.1. The van der Waals surface area contributed by atoms with E-state index < -0.39 is 10.0 Å². The number of benzene rings is 2. The first-order chi connectivity index (χ1) is 13.3. The second-order valence-corrected chi connectivity index (χ2v) is 9.90. The van der Waals surface area contributed by atoms with E-state index >= 15 is 0 Å². The van der Waals surface area contributed by atoms with Gasteiger partial charge in [-0.25, -0.2) is 4.79 Å². The molecule has 0 amide bonds. The number of aromatic nitrogens is 2. The van der Waals surface area contributed by atoms with Crippen LogP contribution in [0.2, 0.25) is 0 Å². The van der Waals surface area contributed by atoms with Crippen LogP contribution in [0.15, 0.2) is 64.5 Å². The molecule has 28 heavy (non-hydrogen) atoms. The number of hydrogen-bond donors (Lipinski definition) is 0. The maximum absolute atomic E-state index is 12.7. The van der Waals surface area contributed by atoms with Crippen LogP contribution in [0, 0.1) is 10.5 Å². The number of aryl methyl sites for hydroxylation is 1. The van der Waals surface area contributed by atoms with Crippen molar-refractivity contribution >= 4 is 50.3 Å². The lowest BCUT2D eigenvalue weighted by Crippen LogP contribution is -2.13. The summed E-state index contributed by atoms with van der Waals surface area (Å²) in [5.41, 5.74) is 2.13. The number of esters is 1. The molecule has 0 atom stereocenters. The molecular weight excluding hydrogens is 511 g/mol. The van der Waals surface area contributed by atoms with Gasteiger partial charge in [-0.2, -0.15) is 17.6 Å². The zero-order valence-corrected chi connectivity index (χ0v) is 18.9. The first kappa shape index (κ1) is 20.9. The van der Waals surface area contributed by atoms with Gasteiger partial charge in [0, 0.05) is 20.4 Å². The Balaban J connectivity index is 1.73. The van der Waals surface area contributed by atoms with Crippen molar-refractivity contribution < 1.29 is 17.9 Å². The largest absolute Gasteiger partial charge is 0.465 e. The minimum atomic E-state index is -3.70. The fourth-order valence-corrected chi connectivity index (χ4v) is 5.32. The summed E-state index contributed by atoms with van der Waals surface area (Å²) < 4.78 is 32.0. The van der Waals surface area contributed by atoms with Gasteiger partial charge < -0.3 is 4.74 Å². The van der Waals surface area contributed by atoms with Gasteiger partial charge in [0.25, 0.3) is 10.0 Å². The van der Waals surface area contributed by atoms with E-state index in [1.165, 1.54) is 25.1 Å². The van der Waals surface area contributed by atoms with Crippen LogP contribution in [0.25, 0.3) is 0 Å². The SMILES string of the molecule is COC(=O)c1ccc(SCc2ccn(S(=O)(=O)c3ccc(C)cc3)n2)c(I)c1. The van der Waals surface area contributed by atoms with Crippen LogP contribution < -0.4 is 0 Å². The van der Waals surface area contributed by atoms with E-state index in [1.807, 2.05) is 13.0 Å². The number of nitrogens with zero attached hydrogens (tertiary/aromatic N) is 2. The molecule has 0 spiro atoms. The lowest BCUT2D eigenvalue weighted by atomic mass is 10.2. The van der Waals surface area contributed by atoms with Gasteiger partial charge in [0.2, 0.25) is 0 Å². The van der Waals surface area contributed by atoms with Gasteiger partial charge in [-0.05, 0) is 65.9 Å². The Morgan fingerprint density at radius 1 is 1.18 bits per heavy atom. The number of ether oxygens (including phenoxy) is 1. The first-order valence-corrected chi connectivity index (χ1v) is 11.7. The Hall–Kier alpha value is -1.85. The summed E-state index contributed by atoms with van der Waals surface area (Å²) in [6, 6.07) is 13.7. The van der Waals surface area contributed by atoms with Gasteiger partial charge in [0.15, 0.2) is 0 Å². The van der Waals surface area contributed by atoms with Crippen molar-refractivity contribution in [3.8, 4) is 0 Å². The van der Waals surface area contributed by atoms with Gasteiger partial charge in [-0.15, -0.1) is 11.8 Å². The molecule has 0 radical (unpaired) electrons. The minimum Gasteiger partial charge on any atom is -0.465 e. The molecule has 0 aliphatic heterocycles. The molecule has 0 unspecified atom stereocenters. The number of hydrogen-bond acceptors (Lipinski definition) is 6. The van der Waals surface area contributed by atoms with E-state index in [4.69, 9.17) is 4.74 Å². The quantitative estimate of drug-likeness (QED) is 0.272. The molecule has 3 rings (SSSR count). The second-order valence-electron chi connectivity index (χ2n) is 5.92. The predicted molar refractivity (Wildman–Crippen MR) is 116 cm³/mol. The van der Waals surface area contributed by atoms with Gasteiger partial charge >= 0.3 is 5.97 Å². The molecular formula is C19H17IN2O4S2. The van der Waals surface area contributed by atoms with Crippen LogP contribution in [-0.2, 0) is 20.5 Å². The van der Waals surface area contributed by atoms with Crippen LogP contribution in [0.3, 0.4) is 0 Å². The van der Waals surface area contributed by atoms with E-state index in [0.29, 0.717) is 17.0 Å². The molecule has 1 heterocycles. The highest BCUT2D eigenvalue weighted by Crippen LogP contribution is 2.28. The highest BCUT2D eigenvalue weighted by atomic mass is 127. The molecule has 1 aromatic heterocycles. The van der Waals surface area contributed by atoms with Crippen molar-refractivity contribution in [2.75, 3.05) is 7.11 Å². The molecule has 0 aliphatic carbocycles. The third-order valence-corrected chi connectivity index (χ3v) is 7.84. The molecule has 2 aromatic carbocycles. The molecule has 9 heteroatoms. The molecule has 0 aliphatic rings. The second kappa shape index (κ2) is 8.66. The Morgan fingerprint density at radius 2 is 1.89 bits per heavy atom. The van der Waals surface area contributed by atoms with Crippen molar-refractivity contribution in [3.63, 3.8) is 0 Å². The molecule has 6 nitrogen and oxygen atoms in total. The Bertz CT molecular complexity index is 1110. The highest BCUT2D eigenvalue weighted by Gasteiger charge is 2.18. The number of rotatable bonds is 6.